The molecule has 154 valence electrons. The SMILES string of the molecule is CCN(CC)C[C@H](O)COc1cc(CNCCc2cccnc2)ccc1OC. The summed E-state index contributed by atoms with van der Waals surface area (Å²) in [6, 6.07) is 9.94. The lowest BCUT2D eigenvalue weighted by Crippen LogP contribution is -2.35. The Morgan fingerprint density at radius 2 is 1.96 bits per heavy atom. The second-order valence-corrected chi connectivity index (χ2v) is 6.72. The minimum atomic E-state index is -0.536. The Morgan fingerprint density at radius 1 is 1.14 bits per heavy atom. The van der Waals surface area contributed by atoms with E-state index in [0.717, 1.165) is 38.2 Å². The summed E-state index contributed by atoms with van der Waals surface area (Å²) in [5.41, 5.74) is 2.33. The van der Waals surface area contributed by atoms with Crippen LogP contribution in [-0.4, -0.2) is 61.0 Å². The molecular weight excluding hydrogens is 354 g/mol. The topological polar surface area (TPSA) is 66.9 Å². The normalized spacial score (nSPS) is 12.2. The number of likely N-dealkylation sites (N-methyl/N-ethyl adjacent to an activating group) is 1. The van der Waals surface area contributed by atoms with E-state index in [0.29, 0.717) is 18.0 Å². The molecule has 6 nitrogen and oxygen atoms in total. The molecule has 1 heterocycles. The maximum absolute atomic E-state index is 10.2. The summed E-state index contributed by atoms with van der Waals surface area (Å²) in [5.74, 6) is 1.34. The van der Waals surface area contributed by atoms with Gasteiger partial charge in [-0.05, 0) is 55.4 Å². The van der Waals surface area contributed by atoms with E-state index in [1.54, 1.807) is 13.3 Å². The van der Waals surface area contributed by atoms with Crippen LogP contribution in [-0.2, 0) is 13.0 Å². The molecule has 2 rings (SSSR count). The van der Waals surface area contributed by atoms with Crippen molar-refractivity contribution in [3.05, 3.63) is 53.9 Å². The summed E-state index contributed by atoms with van der Waals surface area (Å²) in [4.78, 5) is 6.31. The standard InChI is InChI=1S/C22H33N3O3/c1-4-25(5-2)16-20(26)17-28-22-13-19(8-9-21(22)27-3)15-24-12-10-18-7-6-11-23-14-18/h6-9,11,13-14,20,24,26H,4-5,10,12,15-17H2,1-3H3/t20-/m0/s1. The van der Waals surface area contributed by atoms with Crippen molar-refractivity contribution in [2.75, 3.05) is 39.9 Å². The van der Waals surface area contributed by atoms with Crippen molar-refractivity contribution in [2.24, 2.45) is 0 Å². The molecule has 0 radical (unpaired) electrons. The average Bonchev–Trinajstić information content (AvgIpc) is 2.74. The molecule has 2 aromatic rings. The predicted octanol–water partition coefficient (Wildman–Crippen LogP) is 2.50. The van der Waals surface area contributed by atoms with Gasteiger partial charge in [0.25, 0.3) is 0 Å². The van der Waals surface area contributed by atoms with Gasteiger partial charge in [-0.25, -0.2) is 0 Å². The van der Waals surface area contributed by atoms with Gasteiger partial charge in [0.1, 0.15) is 12.7 Å². The van der Waals surface area contributed by atoms with E-state index in [4.69, 9.17) is 9.47 Å². The molecule has 0 spiro atoms. The highest BCUT2D eigenvalue weighted by molar-refractivity contribution is 5.43. The van der Waals surface area contributed by atoms with Crippen molar-refractivity contribution in [1.29, 1.82) is 0 Å². The van der Waals surface area contributed by atoms with Gasteiger partial charge in [0.05, 0.1) is 7.11 Å². The second kappa shape index (κ2) is 12.3. The molecule has 0 bridgehead atoms. The van der Waals surface area contributed by atoms with Crippen LogP contribution in [0, 0.1) is 0 Å². The molecule has 2 N–H and O–H groups in total. The third-order valence-corrected chi connectivity index (χ3v) is 4.67. The molecule has 1 aromatic carbocycles. The van der Waals surface area contributed by atoms with Crippen LogP contribution in [0.4, 0.5) is 0 Å². The predicted molar refractivity (Wildman–Crippen MR) is 112 cm³/mol. The largest absolute Gasteiger partial charge is 0.493 e. The lowest BCUT2D eigenvalue weighted by atomic mass is 10.2. The zero-order valence-corrected chi connectivity index (χ0v) is 17.2. The number of nitrogens with one attached hydrogen (secondary N) is 1. The van der Waals surface area contributed by atoms with Crippen LogP contribution in [0.15, 0.2) is 42.7 Å². The van der Waals surface area contributed by atoms with Crippen molar-refractivity contribution >= 4 is 0 Å². The van der Waals surface area contributed by atoms with Crippen LogP contribution in [0.5, 0.6) is 11.5 Å². The Kier molecular flexibility index (Phi) is 9.76. The fourth-order valence-electron chi connectivity index (χ4n) is 2.97. The summed E-state index contributed by atoms with van der Waals surface area (Å²) in [7, 11) is 1.63. The number of aromatic nitrogens is 1. The van der Waals surface area contributed by atoms with Crippen LogP contribution in [0.1, 0.15) is 25.0 Å². The number of nitrogens with zero attached hydrogens (tertiary/aromatic N) is 2. The molecule has 6 heteroatoms. The minimum absolute atomic E-state index is 0.241. The van der Waals surface area contributed by atoms with Crippen LogP contribution in [0.2, 0.25) is 0 Å². The molecule has 1 aromatic heterocycles. The first-order valence-electron chi connectivity index (χ1n) is 9.96. The van der Waals surface area contributed by atoms with Gasteiger partial charge < -0.3 is 24.8 Å². The number of hydrogen-bond donors (Lipinski definition) is 2. The zero-order chi connectivity index (χ0) is 20.2. The van der Waals surface area contributed by atoms with Gasteiger partial charge in [-0.2, -0.15) is 0 Å². The van der Waals surface area contributed by atoms with Gasteiger partial charge in [-0.15, -0.1) is 0 Å². The Morgan fingerprint density at radius 3 is 2.64 bits per heavy atom. The highest BCUT2D eigenvalue weighted by Gasteiger charge is 2.12. The van der Waals surface area contributed by atoms with E-state index in [9.17, 15) is 5.11 Å². The van der Waals surface area contributed by atoms with Crippen LogP contribution < -0.4 is 14.8 Å². The molecule has 0 unspecified atom stereocenters. The smallest absolute Gasteiger partial charge is 0.161 e. The van der Waals surface area contributed by atoms with E-state index in [1.807, 2.05) is 30.5 Å². The Balaban J connectivity index is 1.84. The number of methoxy groups -OCH3 is 1. The van der Waals surface area contributed by atoms with Gasteiger partial charge in [0.15, 0.2) is 11.5 Å². The molecule has 0 amide bonds. The number of pyridine rings is 1. The van der Waals surface area contributed by atoms with Crippen LogP contribution in [0.25, 0.3) is 0 Å². The van der Waals surface area contributed by atoms with Crippen molar-refractivity contribution in [1.82, 2.24) is 15.2 Å². The van der Waals surface area contributed by atoms with Crippen LogP contribution >= 0.6 is 0 Å². The second-order valence-electron chi connectivity index (χ2n) is 6.72. The first-order valence-corrected chi connectivity index (χ1v) is 9.96. The number of aliphatic hydroxyl groups excluding tert-OH is 1. The average molecular weight is 388 g/mol. The van der Waals surface area contributed by atoms with Gasteiger partial charge in [0.2, 0.25) is 0 Å². The van der Waals surface area contributed by atoms with Gasteiger partial charge in [0, 0.05) is 25.5 Å². The lowest BCUT2D eigenvalue weighted by molar-refractivity contribution is 0.0705. The summed E-state index contributed by atoms with van der Waals surface area (Å²) in [6.07, 6.45) is 4.08. The Labute approximate surface area is 168 Å². The maximum Gasteiger partial charge on any atom is 0.161 e. The van der Waals surface area contributed by atoms with E-state index in [1.165, 1.54) is 5.56 Å². The van der Waals surface area contributed by atoms with E-state index >= 15 is 0 Å². The summed E-state index contributed by atoms with van der Waals surface area (Å²) >= 11 is 0. The number of benzene rings is 1. The highest BCUT2D eigenvalue weighted by atomic mass is 16.5. The molecule has 28 heavy (non-hydrogen) atoms. The molecule has 0 saturated carbocycles. The van der Waals surface area contributed by atoms with Gasteiger partial charge >= 0.3 is 0 Å². The van der Waals surface area contributed by atoms with Crippen molar-refractivity contribution in [3.8, 4) is 11.5 Å². The van der Waals surface area contributed by atoms with Crippen molar-refractivity contribution in [2.45, 2.75) is 32.9 Å². The van der Waals surface area contributed by atoms with E-state index < -0.39 is 6.10 Å². The van der Waals surface area contributed by atoms with Crippen molar-refractivity contribution in [3.63, 3.8) is 0 Å². The summed E-state index contributed by atoms with van der Waals surface area (Å²) in [6.45, 7) is 8.46. The van der Waals surface area contributed by atoms with Crippen LogP contribution in [0.3, 0.4) is 0 Å². The number of aliphatic hydroxyl groups is 1. The molecule has 0 saturated heterocycles. The molecular formula is C22H33N3O3. The maximum atomic E-state index is 10.2. The fraction of sp³-hybridized carbons (Fsp3) is 0.500. The van der Waals surface area contributed by atoms with Gasteiger partial charge in [-0.3, -0.25) is 4.98 Å². The Hall–Kier alpha value is -2.15. The summed E-state index contributed by atoms with van der Waals surface area (Å²) < 4.78 is 11.3. The first-order chi connectivity index (χ1) is 13.7. The fourth-order valence-corrected chi connectivity index (χ4v) is 2.97. The molecule has 1 atom stereocenters. The quantitative estimate of drug-likeness (QED) is 0.515. The van der Waals surface area contributed by atoms with Crippen molar-refractivity contribution < 1.29 is 14.6 Å². The zero-order valence-electron chi connectivity index (χ0n) is 17.2. The number of ether oxygens (including phenoxy) is 2. The third kappa shape index (κ3) is 7.46. The molecule has 0 aliphatic heterocycles. The van der Waals surface area contributed by atoms with Gasteiger partial charge in [-0.1, -0.05) is 26.0 Å². The first kappa shape index (κ1) is 22.1. The van der Waals surface area contributed by atoms with E-state index in [-0.39, 0.29) is 6.61 Å². The number of rotatable bonds is 13. The number of hydrogen-bond acceptors (Lipinski definition) is 6. The lowest BCUT2D eigenvalue weighted by Gasteiger charge is -2.22. The molecule has 0 aliphatic rings. The van der Waals surface area contributed by atoms with E-state index in [2.05, 4.69) is 35.1 Å². The third-order valence-electron chi connectivity index (χ3n) is 4.67. The highest BCUT2D eigenvalue weighted by Crippen LogP contribution is 2.28. The summed E-state index contributed by atoms with van der Waals surface area (Å²) in [5, 5.41) is 13.7. The molecule has 0 aliphatic carbocycles. The molecule has 0 fully saturated rings. The Bertz CT molecular complexity index is 678. The monoisotopic (exact) mass is 387 g/mol. The minimum Gasteiger partial charge on any atom is -0.493 e.